The number of alkyl halides is 2. The van der Waals surface area contributed by atoms with Gasteiger partial charge in [0.1, 0.15) is 0 Å². The van der Waals surface area contributed by atoms with Crippen molar-refractivity contribution in [3.63, 3.8) is 0 Å². The summed E-state index contributed by atoms with van der Waals surface area (Å²) in [7, 11) is 0. The summed E-state index contributed by atoms with van der Waals surface area (Å²) in [4.78, 5) is 51.1. The highest BCUT2D eigenvalue weighted by atomic mass is 79.9. The molecule has 30 heavy (non-hydrogen) atoms. The predicted molar refractivity (Wildman–Crippen MR) is 119 cm³/mol. The maximum Gasteiger partial charge on any atom is 0.308 e. The molecule has 0 unspecified atom stereocenters. The number of carbonyl (C=O) groups is 4. The number of anilines is 1. The molecule has 0 radical (unpaired) electrons. The van der Waals surface area contributed by atoms with Gasteiger partial charge >= 0.3 is 5.97 Å². The van der Waals surface area contributed by atoms with Crippen LogP contribution in [0.1, 0.15) is 12.8 Å². The number of nitrogens with one attached hydrogen (secondary N) is 1. The van der Waals surface area contributed by atoms with Crippen molar-refractivity contribution in [2.75, 3.05) is 18.5 Å². The van der Waals surface area contributed by atoms with Crippen molar-refractivity contribution in [1.29, 1.82) is 0 Å². The number of halogens is 3. The Balaban J connectivity index is 1.25. The molecule has 1 saturated heterocycles. The number of benzene rings is 1. The van der Waals surface area contributed by atoms with Gasteiger partial charge in [0, 0.05) is 26.4 Å². The lowest BCUT2D eigenvalue weighted by Gasteiger charge is -2.28. The molecule has 1 aromatic carbocycles. The van der Waals surface area contributed by atoms with Crippen LogP contribution < -0.4 is 5.32 Å². The van der Waals surface area contributed by atoms with E-state index in [-0.39, 0.29) is 58.1 Å². The summed E-state index contributed by atoms with van der Waals surface area (Å²) in [5.41, 5.74) is 0.587. The molecule has 0 aromatic heterocycles. The number of carbonyl (C=O) groups excluding carboxylic acids is 4. The topological polar surface area (TPSA) is 92.8 Å². The molecule has 1 aromatic rings. The highest BCUT2D eigenvalue weighted by Gasteiger charge is 2.66. The standard InChI is InChI=1S/C20H19Br3N2O5/c21-9-1-3-10(4-2-9)24-13(26)8-30-14(27)5-6-25-19(28)15-11-7-12(16(15)20(25)29)18(23)17(11)22/h1-4,11-12,15-18H,5-8H2,(H,24,26)/t11-,12-,15-,16+,17+,18+/m1/s1. The summed E-state index contributed by atoms with van der Waals surface area (Å²) in [6.07, 6.45) is 0.731. The van der Waals surface area contributed by atoms with Crippen LogP contribution in [-0.2, 0) is 23.9 Å². The molecule has 6 atom stereocenters. The largest absolute Gasteiger partial charge is 0.456 e. The number of rotatable bonds is 6. The highest BCUT2D eigenvalue weighted by Crippen LogP contribution is 2.60. The Bertz CT molecular complexity index is 861. The fourth-order valence-electron chi connectivity index (χ4n) is 4.78. The molecule has 3 aliphatic rings. The van der Waals surface area contributed by atoms with Gasteiger partial charge < -0.3 is 10.1 Å². The minimum atomic E-state index is -0.627. The molecule has 4 rings (SSSR count). The van der Waals surface area contributed by atoms with Crippen LogP contribution in [0.15, 0.2) is 28.7 Å². The second-order valence-corrected chi connectivity index (χ2v) is 10.8. The van der Waals surface area contributed by atoms with Crippen LogP contribution in [0.4, 0.5) is 5.69 Å². The van der Waals surface area contributed by atoms with Gasteiger partial charge in [-0.1, -0.05) is 47.8 Å². The molecule has 7 nitrogen and oxygen atoms in total. The Labute approximate surface area is 198 Å². The first-order valence-corrected chi connectivity index (χ1v) is 12.2. The number of hydrogen-bond donors (Lipinski definition) is 1. The molecule has 160 valence electrons. The summed E-state index contributed by atoms with van der Waals surface area (Å²) < 4.78 is 5.87. The lowest BCUT2D eigenvalue weighted by Crippen LogP contribution is -2.37. The molecular formula is C20H19Br3N2O5. The molecule has 1 N–H and O–H groups in total. The number of imide groups is 1. The van der Waals surface area contributed by atoms with Crippen LogP contribution in [0.5, 0.6) is 0 Å². The fourth-order valence-corrected chi connectivity index (χ4v) is 6.92. The zero-order valence-electron chi connectivity index (χ0n) is 15.7. The molecule has 2 saturated carbocycles. The smallest absolute Gasteiger partial charge is 0.308 e. The van der Waals surface area contributed by atoms with Crippen LogP contribution in [0.2, 0.25) is 0 Å². The summed E-state index contributed by atoms with van der Waals surface area (Å²) >= 11 is 10.6. The molecule has 1 heterocycles. The number of nitrogens with zero attached hydrogens (tertiary/aromatic N) is 1. The third kappa shape index (κ3) is 3.98. The number of hydrogen-bond acceptors (Lipinski definition) is 5. The summed E-state index contributed by atoms with van der Waals surface area (Å²) in [5.74, 6) is -1.79. The number of ether oxygens (including phenoxy) is 1. The van der Waals surface area contributed by atoms with Gasteiger partial charge in [0.05, 0.1) is 18.3 Å². The Morgan fingerprint density at radius 3 is 2.17 bits per heavy atom. The van der Waals surface area contributed by atoms with E-state index in [1.807, 2.05) is 0 Å². The number of fused-ring (bicyclic) bond motifs is 5. The number of amides is 3. The van der Waals surface area contributed by atoms with Gasteiger partial charge in [-0.05, 0) is 42.5 Å². The summed E-state index contributed by atoms with van der Waals surface area (Å²) in [6.45, 7) is -0.445. The van der Waals surface area contributed by atoms with E-state index in [1.165, 1.54) is 4.90 Å². The monoisotopic (exact) mass is 604 g/mol. The number of likely N-dealkylation sites (tertiary alicyclic amines) is 1. The van der Waals surface area contributed by atoms with Crippen molar-refractivity contribution in [3.05, 3.63) is 28.7 Å². The highest BCUT2D eigenvalue weighted by molar-refractivity contribution is 9.12. The van der Waals surface area contributed by atoms with Gasteiger partial charge in [-0.3, -0.25) is 24.1 Å². The van der Waals surface area contributed by atoms with E-state index >= 15 is 0 Å². The minimum Gasteiger partial charge on any atom is -0.456 e. The number of esters is 1. The van der Waals surface area contributed by atoms with E-state index in [1.54, 1.807) is 24.3 Å². The minimum absolute atomic E-state index is 0.0167. The van der Waals surface area contributed by atoms with Gasteiger partial charge in [0.2, 0.25) is 11.8 Å². The zero-order valence-corrected chi connectivity index (χ0v) is 20.5. The average Bonchev–Trinajstić information content (AvgIpc) is 3.32. The lowest BCUT2D eigenvalue weighted by atomic mass is 9.81. The molecule has 3 amide bonds. The first-order chi connectivity index (χ1) is 14.3. The summed E-state index contributed by atoms with van der Waals surface area (Å²) in [5, 5.41) is 2.62. The van der Waals surface area contributed by atoms with Crippen molar-refractivity contribution in [3.8, 4) is 0 Å². The third-order valence-corrected chi connectivity index (χ3v) is 9.85. The van der Waals surface area contributed by atoms with E-state index in [2.05, 4.69) is 53.1 Å². The van der Waals surface area contributed by atoms with Crippen molar-refractivity contribution in [1.82, 2.24) is 4.90 Å². The van der Waals surface area contributed by atoms with Gasteiger partial charge in [0.15, 0.2) is 6.61 Å². The maximum atomic E-state index is 12.8. The van der Waals surface area contributed by atoms with Crippen molar-refractivity contribution >= 4 is 77.2 Å². The van der Waals surface area contributed by atoms with E-state index in [0.717, 1.165) is 10.9 Å². The quantitative estimate of drug-likeness (QED) is 0.305. The average molecular weight is 607 g/mol. The van der Waals surface area contributed by atoms with Crippen molar-refractivity contribution in [2.24, 2.45) is 23.7 Å². The molecule has 2 bridgehead atoms. The van der Waals surface area contributed by atoms with Crippen LogP contribution >= 0.6 is 47.8 Å². The van der Waals surface area contributed by atoms with E-state index in [0.29, 0.717) is 5.69 Å². The normalized spacial score (nSPS) is 31.8. The summed E-state index contributed by atoms with van der Waals surface area (Å²) in [6, 6.07) is 6.99. The van der Waals surface area contributed by atoms with E-state index < -0.39 is 18.5 Å². The third-order valence-electron chi connectivity index (χ3n) is 6.11. The molecule has 2 aliphatic carbocycles. The van der Waals surface area contributed by atoms with E-state index in [9.17, 15) is 19.2 Å². The van der Waals surface area contributed by atoms with Crippen LogP contribution in [-0.4, -0.2) is 51.4 Å². The molecule has 1 aliphatic heterocycles. The lowest BCUT2D eigenvalue weighted by molar-refractivity contribution is -0.149. The predicted octanol–water partition coefficient (Wildman–Crippen LogP) is 3.10. The van der Waals surface area contributed by atoms with Crippen LogP contribution in [0.25, 0.3) is 0 Å². The Kier molecular flexibility index (Phi) is 6.37. The Morgan fingerprint density at radius 1 is 1.03 bits per heavy atom. The van der Waals surface area contributed by atoms with Gasteiger partial charge in [-0.2, -0.15) is 0 Å². The molecular weight excluding hydrogens is 588 g/mol. The first kappa shape index (κ1) is 22.0. The second-order valence-electron chi connectivity index (χ2n) is 7.80. The SMILES string of the molecule is O=C(COC(=O)CCN1C(=O)[C@@H]2[C@H]3C[C@@H]([C@H](Br)[C@H]3Br)[C@@H]2C1=O)Nc1ccc(Br)cc1. The first-order valence-electron chi connectivity index (χ1n) is 9.62. The van der Waals surface area contributed by atoms with Crippen LogP contribution in [0, 0.1) is 23.7 Å². The fraction of sp³-hybridized carbons (Fsp3) is 0.500. The van der Waals surface area contributed by atoms with Crippen molar-refractivity contribution in [2.45, 2.75) is 22.5 Å². The zero-order chi connectivity index (χ0) is 21.6. The van der Waals surface area contributed by atoms with Gasteiger partial charge in [0.25, 0.3) is 5.91 Å². The maximum absolute atomic E-state index is 12.8. The van der Waals surface area contributed by atoms with Crippen molar-refractivity contribution < 1.29 is 23.9 Å². The molecule has 3 fully saturated rings. The molecule has 10 heteroatoms. The van der Waals surface area contributed by atoms with E-state index in [4.69, 9.17) is 4.74 Å². The Morgan fingerprint density at radius 2 is 1.60 bits per heavy atom. The second kappa shape index (κ2) is 8.70. The molecule has 0 spiro atoms. The van der Waals surface area contributed by atoms with Crippen LogP contribution in [0.3, 0.4) is 0 Å². The Hall–Kier alpha value is -1.26. The van der Waals surface area contributed by atoms with Gasteiger partial charge in [-0.25, -0.2) is 0 Å². The van der Waals surface area contributed by atoms with Gasteiger partial charge in [-0.15, -0.1) is 0 Å².